The molecule has 5 rings (SSSR count). The van der Waals surface area contributed by atoms with Gasteiger partial charge in [0.15, 0.2) is 0 Å². The summed E-state index contributed by atoms with van der Waals surface area (Å²) in [7, 11) is -3.93. The van der Waals surface area contributed by atoms with E-state index in [0.29, 0.717) is 18.5 Å². The van der Waals surface area contributed by atoms with Crippen molar-refractivity contribution in [2.75, 3.05) is 16.2 Å². The minimum absolute atomic E-state index is 0.00770. The molecule has 1 saturated carbocycles. The Labute approximate surface area is 209 Å². The molecule has 1 aliphatic carbocycles. The van der Waals surface area contributed by atoms with Crippen LogP contribution in [0, 0.1) is 0 Å². The minimum Gasteiger partial charge on any atom is -0.335 e. The zero-order chi connectivity index (χ0) is 25.3. The van der Waals surface area contributed by atoms with Crippen molar-refractivity contribution < 1.29 is 22.0 Å². The van der Waals surface area contributed by atoms with E-state index >= 15 is 0 Å². The Balaban J connectivity index is 1.32. The van der Waals surface area contributed by atoms with Crippen molar-refractivity contribution in [1.29, 1.82) is 0 Å². The molecule has 0 radical (unpaired) electrons. The van der Waals surface area contributed by atoms with Gasteiger partial charge in [0, 0.05) is 29.3 Å². The predicted molar refractivity (Wildman–Crippen MR) is 135 cm³/mol. The molecule has 1 spiro atoms. The number of hydrogen-bond acceptors (Lipinski definition) is 3. The lowest BCUT2D eigenvalue weighted by Gasteiger charge is -2.38. The number of sulfonamides is 1. The highest BCUT2D eigenvalue weighted by molar-refractivity contribution is 7.92. The Kier molecular flexibility index (Phi) is 6.42. The van der Waals surface area contributed by atoms with Gasteiger partial charge in [-0.1, -0.05) is 48.5 Å². The number of amides is 2. The molecular weight excluding hydrogens is 484 g/mol. The van der Waals surface area contributed by atoms with E-state index < -0.39 is 16.4 Å². The van der Waals surface area contributed by atoms with E-state index in [0.717, 1.165) is 36.2 Å². The van der Waals surface area contributed by atoms with E-state index in [2.05, 4.69) is 10.6 Å². The Morgan fingerprint density at radius 1 is 0.917 bits per heavy atom. The molecule has 1 heterocycles. The molecule has 0 unspecified atom stereocenters. The lowest BCUT2D eigenvalue weighted by atomic mass is 9.69. The maximum absolute atomic E-state index is 13.6. The number of rotatable bonds is 5. The Morgan fingerprint density at radius 2 is 1.56 bits per heavy atom. The molecule has 0 saturated heterocycles. The summed E-state index contributed by atoms with van der Waals surface area (Å²) in [6, 6.07) is 21.2. The van der Waals surface area contributed by atoms with Crippen molar-refractivity contribution in [3.8, 4) is 0 Å². The second kappa shape index (κ2) is 9.54. The van der Waals surface area contributed by atoms with E-state index in [1.165, 1.54) is 16.4 Å². The maximum atomic E-state index is 13.6. The number of halogens is 2. The van der Waals surface area contributed by atoms with E-state index in [4.69, 9.17) is 0 Å². The van der Waals surface area contributed by atoms with Gasteiger partial charge >= 0.3 is 6.03 Å². The fourth-order valence-corrected chi connectivity index (χ4v) is 6.90. The Morgan fingerprint density at radius 3 is 2.22 bits per heavy atom. The number of hydrogen-bond donors (Lipinski definition) is 2. The highest BCUT2D eigenvalue weighted by Gasteiger charge is 2.48. The summed E-state index contributed by atoms with van der Waals surface area (Å²) in [6.07, 6.45) is 0.213. The topological polar surface area (TPSA) is 78.5 Å². The molecule has 0 aromatic heterocycles. The predicted octanol–water partition coefficient (Wildman–Crippen LogP) is 5.84. The molecule has 6 nitrogen and oxygen atoms in total. The van der Waals surface area contributed by atoms with Crippen LogP contribution < -0.4 is 14.9 Å². The minimum atomic E-state index is -3.93. The molecule has 0 bridgehead atoms. The number of carbonyl (C=O) groups excluding carboxylic acids is 1. The number of benzene rings is 3. The van der Waals surface area contributed by atoms with Gasteiger partial charge in [-0.3, -0.25) is 4.31 Å². The van der Waals surface area contributed by atoms with Gasteiger partial charge < -0.3 is 10.6 Å². The SMILES string of the molecule is O=C(Nc1ccccc1)NC1CCC2(CC1)CN(S(=O)(=O)c1ccc(C(F)F)cc1)c1ccccc12. The highest BCUT2D eigenvalue weighted by atomic mass is 32.2. The zero-order valence-corrected chi connectivity index (χ0v) is 20.3. The second-order valence-corrected chi connectivity index (χ2v) is 11.3. The van der Waals surface area contributed by atoms with Gasteiger partial charge in [-0.25, -0.2) is 22.0 Å². The summed E-state index contributed by atoms with van der Waals surface area (Å²) in [5.41, 5.74) is 1.75. The number of urea groups is 1. The smallest absolute Gasteiger partial charge is 0.319 e. The zero-order valence-electron chi connectivity index (χ0n) is 19.5. The first kappa shape index (κ1) is 24.2. The monoisotopic (exact) mass is 511 g/mol. The number of fused-ring (bicyclic) bond motifs is 2. The van der Waals surface area contributed by atoms with Crippen LogP contribution in [0.4, 0.5) is 25.0 Å². The Hall–Kier alpha value is -3.46. The summed E-state index contributed by atoms with van der Waals surface area (Å²) < 4.78 is 54.5. The van der Waals surface area contributed by atoms with Crippen molar-refractivity contribution in [1.82, 2.24) is 5.32 Å². The molecule has 1 fully saturated rings. The van der Waals surface area contributed by atoms with Gasteiger partial charge in [0.05, 0.1) is 10.6 Å². The van der Waals surface area contributed by atoms with Gasteiger partial charge in [-0.05, 0) is 61.6 Å². The summed E-state index contributed by atoms with van der Waals surface area (Å²) >= 11 is 0. The first-order valence-electron chi connectivity index (χ1n) is 11.9. The molecule has 3 aromatic carbocycles. The van der Waals surface area contributed by atoms with Crippen molar-refractivity contribution in [3.63, 3.8) is 0 Å². The van der Waals surface area contributed by atoms with Crippen LogP contribution in [0.25, 0.3) is 0 Å². The standard InChI is InChI=1S/C27H27F2N3O3S/c28-25(29)19-10-12-22(13-11-19)36(34,35)32-18-27(23-8-4-5-9-24(23)32)16-14-21(15-17-27)31-26(33)30-20-6-2-1-3-7-20/h1-13,21,25H,14-18H2,(H2,30,31,33). The quantitative estimate of drug-likeness (QED) is 0.452. The van der Waals surface area contributed by atoms with E-state index in [9.17, 15) is 22.0 Å². The molecule has 9 heteroatoms. The number of alkyl halides is 2. The number of nitrogens with zero attached hydrogens (tertiary/aromatic N) is 1. The largest absolute Gasteiger partial charge is 0.335 e. The van der Waals surface area contributed by atoms with Crippen molar-refractivity contribution >= 4 is 27.4 Å². The summed E-state index contributed by atoms with van der Waals surface area (Å²) in [5.74, 6) is 0. The average Bonchev–Trinajstić information content (AvgIpc) is 3.21. The lowest BCUT2D eigenvalue weighted by molar-refractivity contribution is 0.151. The van der Waals surface area contributed by atoms with Crippen LogP contribution in [-0.2, 0) is 15.4 Å². The number of para-hydroxylation sites is 2. The molecule has 36 heavy (non-hydrogen) atoms. The van der Waals surface area contributed by atoms with E-state index in [-0.39, 0.29) is 34.5 Å². The van der Waals surface area contributed by atoms with E-state index in [1.54, 1.807) is 12.1 Å². The number of nitrogens with one attached hydrogen (secondary N) is 2. The molecule has 2 aliphatic rings. The normalized spacial score (nSPS) is 21.4. The molecule has 2 amide bonds. The first-order valence-corrected chi connectivity index (χ1v) is 13.4. The van der Waals surface area contributed by atoms with Gasteiger partial charge in [-0.15, -0.1) is 0 Å². The fraction of sp³-hybridized carbons (Fsp3) is 0.296. The van der Waals surface area contributed by atoms with Crippen LogP contribution in [0.1, 0.15) is 43.2 Å². The number of anilines is 2. The van der Waals surface area contributed by atoms with Crippen LogP contribution in [0.3, 0.4) is 0 Å². The summed E-state index contributed by atoms with van der Waals surface area (Å²) in [6.45, 7) is 0.286. The van der Waals surface area contributed by atoms with Gasteiger partial charge in [0.25, 0.3) is 16.4 Å². The molecule has 188 valence electrons. The molecule has 3 aromatic rings. The third-order valence-electron chi connectivity index (χ3n) is 7.22. The molecule has 0 atom stereocenters. The van der Waals surface area contributed by atoms with Crippen LogP contribution in [-0.4, -0.2) is 27.0 Å². The number of carbonyl (C=O) groups is 1. The Bertz CT molecular complexity index is 1340. The van der Waals surface area contributed by atoms with Gasteiger partial charge in [0.1, 0.15) is 0 Å². The third-order valence-corrected chi connectivity index (χ3v) is 8.99. The average molecular weight is 512 g/mol. The van der Waals surface area contributed by atoms with Gasteiger partial charge in [0.2, 0.25) is 0 Å². The lowest BCUT2D eigenvalue weighted by Crippen LogP contribution is -2.45. The van der Waals surface area contributed by atoms with E-state index in [1.807, 2.05) is 42.5 Å². The fourth-order valence-electron chi connectivity index (χ4n) is 5.33. The molecule has 1 aliphatic heterocycles. The highest BCUT2D eigenvalue weighted by Crippen LogP contribution is 2.50. The van der Waals surface area contributed by atoms with Crippen molar-refractivity contribution in [2.24, 2.45) is 0 Å². The van der Waals surface area contributed by atoms with Crippen LogP contribution in [0.15, 0.2) is 83.8 Å². The molecular formula is C27H27F2N3O3S. The molecule has 2 N–H and O–H groups in total. The van der Waals surface area contributed by atoms with Crippen LogP contribution >= 0.6 is 0 Å². The summed E-state index contributed by atoms with van der Waals surface area (Å²) in [5, 5.41) is 5.87. The van der Waals surface area contributed by atoms with Gasteiger partial charge in [-0.2, -0.15) is 0 Å². The second-order valence-electron chi connectivity index (χ2n) is 9.42. The van der Waals surface area contributed by atoms with Crippen molar-refractivity contribution in [3.05, 3.63) is 90.0 Å². The van der Waals surface area contributed by atoms with Crippen LogP contribution in [0.5, 0.6) is 0 Å². The summed E-state index contributed by atoms with van der Waals surface area (Å²) in [4.78, 5) is 12.4. The third kappa shape index (κ3) is 4.55. The first-order chi connectivity index (χ1) is 17.3. The maximum Gasteiger partial charge on any atom is 0.319 e. The van der Waals surface area contributed by atoms with Crippen LogP contribution in [0.2, 0.25) is 0 Å². The van der Waals surface area contributed by atoms with Crippen molar-refractivity contribution in [2.45, 2.75) is 48.5 Å².